The molecule has 0 amide bonds. The molecule has 1 atom stereocenters. The fourth-order valence-corrected chi connectivity index (χ4v) is 1.97. The number of nitrogens with two attached hydrogens (primary N) is 1. The standard InChI is InChI=1S/C12H15NO2/c1-2-15-12(14)11-7-9-5-3-4-6-10(9)8-13-11/h3-6,11,13H,2,7-8H2,1H3/p+1/t11-/m1/s1. The first kappa shape index (κ1) is 10.2. The van der Waals surface area contributed by atoms with Crippen molar-refractivity contribution in [3.8, 4) is 0 Å². The summed E-state index contributed by atoms with van der Waals surface area (Å²) in [7, 11) is 0. The van der Waals surface area contributed by atoms with Crippen molar-refractivity contribution < 1.29 is 14.8 Å². The van der Waals surface area contributed by atoms with Crippen LogP contribution in [0.25, 0.3) is 0 Å². The lowest BCUT2D eigenvalue weighted by Crippen LogP contribution is -2.92. The van der Waals surface area contributed by atoms with Gasteiger partial charge in [0.1, 0.15) is 6.54 Å². The molecule has 1 aliphatic rings. The summed E-state index contributed by atoms with van der Waals surface area (Å²) in [5.74, 6) is -0.0907. The van der Waals surface area contributed by atoms with Crippen LogP contribution in [0.5, 0.6) is 0 Å². The molecule has 0 unspecified atom stereocenters. The highest BCUT2D eigenvalue weighted by Gasteiger charge is 2.28. The average Bonchev–Trinajstić information content (AvgIpc) is 2.29. The molecule has 2 N–H and O–H groups in total. The van der Waals surface area contributed by atoms with Gasteiger partial charge in [-0.25, -0.2) is 4.79 Å². The third-order valence-corrected chi connectivity index (χ3v) is 2.77. The molecule has 0 saturated carbocycles. The number of hydrogen-bond acceptors (Lipinski definition) is 2. The van der Waals surface area contributed by atoms with E-state index in [4.69, 9.17) is 4.74 Å². The van der Waals surface area contributed by atoms with Crippen molar-refractivity contribution in [2.24, 2.45) is 0 Å². The van der Waals surface area contributed by atoms with E-state index in [1.165, 1.54) is 11.1 Å². The van der Waals surface area contributed by atoms with Crippen LogP contribution < -0.4 is 5.32 Å². The fraction of sp³-hybridized carbons (Fsp3) is 0.417. The van der Waals surface area contributed by atoms with Gasteiger partial charge in [-0.2, -0.15) is 0 Å². The van der Waals surface area contributed by atoms with Crippen LogP contribution in [0.2, 0.25) is 0 Å². The molecular formula is C12H16NO2+. The minimum absolute atomic E-state index is 0.0557. The smallest absolute Gasteiger partial charge is 0.365 e. The average molecular weight is 206 g/mol. The van der Waals surface area contributed by atoms with Gasteiger partial charge in [0.2, 0.25) is 0 Å². The SMILES string of the molecule is CCOC(=O)[C@H]1Cc2ccccc2C[NH2+]1. The van der Waals surface area contributed by atoms with E-state index in [0.717, 1.165) is 13.0 Å². The van der Waals surface area contributed by atoms with Gasteiger partial charge in [-0.05, 0) is 12.5 Å². The Morgan fingerprint density at radius 2 is 2.20 bits per heavy atom. The van der Waals surface area contributed by atoms with Crippen LogP contribution in [0.15, 0.2) is 24.3 Å². The lowest BCUT2D eigenvalue weighted by Gasteiger charge is -2.21. The zero-order chi connectivity index (χ0) is 10.7. The van der Waals surface area contributed by atoms with Crippen molar-refractivity contribution >= 4 is 5.97 Å². The van der Waals surface area contributed by atoms with E-state index in [9.17, 15) is 4.79 Å². The molecule has 0 spiro atoms. The molecule has 0 fully saturated rings. The van der Waals surface area contributed by atoms with Crippen LogP contribution in [-0.4, -0.2) is 18.6 Å². The number of fused-ring (bicyclic) bond motifs is 1. The molecule has 2 rings (SSSR count). The molecule has 0 bridgehead atoms. The van der Waals surface area contributed by atoms with Gasteiger partial charge in [0.15, 0.2) is 6.04 Å². The van der Waals surface area contributed by atoms with E-state index in [0.29, 0.717) is 6.61 Å². The predicted molar refractivity (Wildman–Crippen MR) is 56.2 cm³/mol. The molecule has 0 aromatic heterocycles. The van der Waals surface area contributed by atoms with Crippen LogP contribution in [-0.2, 0) is 22.5 Å². The molecule has 3 nitrogen and oxygen atoms in total. The summed E-state index contributed by atoms with van der Waals surface area (Å²) in [5.41, 5.74) is 2.61. The first-order valence-electron chi connectivity index (χ1n) is 5.38. The number of quaternary nitrogens is 1. The Kier molecular flexibility index (Phi) is 3.02. The van der Waals surface area contributed by atoms with Gasteiger partial charge in [0, 0.05) is 12.0 Å². The molecule has 1 aliphatic heterocycles. The largest absolute Gasteiger partial charge is 0.462 e. The third kappa shape index (κ3) is 2.18. The maximum absolute atomic E-state index is 11.6. The van der Waals surface area contributed by atoms with Crippen LogP contribution in [0, 0.1) is 0 Å². The molecule has 15 heavy (non-hydrogen) atoms. The number of benzene rings is 1. The van der Waals surface area contributed by atoms with Gasteiger partial charge in [0.25, 0.3) is 0 Å². The number of carbonyl (C=O) groups excluding carboxylic acids is 1. The Hall–Kier alpha value is -1.35. The highest BCUT2D eigenvalue weighted by atomic mass is 16.5. The maximum Gasteiger partial charge on any atom is 0.365 e. The van der Waals surface area contributed by atoms with Crippen molar-refractivity contribution in [1.29, 1.82) is 0 Å². The number of rotatable bonds is 2. The highest BCUT2D eigenvalue weighted by molar-refractivity contribution is 5.74. The summed E-state index contributed by atoms with van der Waals surface area (Å²) >= 11 is 0. The van der Waals surface area contributed by atoms with E-state index in [2.05, 4.69) is 17.4 Å². The zero-order valence-corrected chi connectivity index (χ0v) is 8.90. The monoisotopic (exact) mass is 206 g/mol. The van der Waals surface area contributed by atoms with Crippen molar-refractivity contribution in [3.63, 3.8) is 0 Å². The van der Waals surface area contributed by atoms with E-state index < -0.39 is 0 Å². The predicted octanol–water partition coefficient (Wildman–Crippen LogP) is 0.238. The van der Waals surface area contributed by atoms with Crippen LogP contribution in [0.4, 0.5) is 0 Å². The van der Waals surface area contributed by atoms with Gasteiger partial charge in [0.05, 0.1) is 6.61 Å². The molecular weight excluding hydrogens is 190 g/mol. The van der Waals surface area contributed by atoms with E-state index in [1.807, 2.05) is 19.1 Å². The number of esters is 1. The summed E-state index contributed by atoms with van der Waals surface area (Å²) in [5, 5.41) is 2.06. The Labute approximate surface area is 89.4 Å². The summed E-state index contributed by atoms with van der Waals surface area (Å²) in [4.78, 5) is 11.6. The van der Waals surface area contributed by atoms with Crippen molar-refractivity contribution in [3.05, 3.63) is 35.4 Å². The van der Waals surface area contributed by atoms with Crippen molar-refractivity contribution in [1.82, 2.24) is 0 Å². The molecule has 1 heterocycles. The quantitative estimate of drug-likeness (QED) is 0.704. The van der Waals surface area contributed by atoms with Crippen molar-refractivity contribution in [2.45, 2.75) is 25.9 Å². The first-order chi connectivity index (χ1) is 7.31. The lowest BCUT2D eigenvalue weighted by atomic mass is 9.96. The Bertz CT molecular complexity index is 362. The van der Waals surface area contributed by atoms with E-state index >= 15 is 0 Å². The van der Waals surface area contributed by atoms with Crippen LogP contribution >= 0.6 is 0 Å². The topological polar surface area (TPSA) is 42.9 Å². The molecule has 1 aromatic carbocycles. The molecule has 0 aliphatic carbocycles. The minimum atomic E-state index is -0.0907. The molecule has 0 radical (unpaired) electrons. The maximum atomic E-state index is 11.6. The molecule has 1 aromatic rings. The number of carbonyl (C=O) groups is 1. The number of ether oxygens (including phenoxy) is 1. The van der Waals surface area contributed by atoms with E-state index in [-0.39, 0.29) is 12.0 Å². The summed E-state index contributed by atoms with van der Waals surface area (Å²) < 4.78 is 5.03. The summed E-state index contributed by atoms with van der Waals surface area (Å²) in [6.45, 7) is 3.18. The van der Waals surface area contributed by atoms with Crippen LogP contribution in [0.1, 0.15) is 18.1 Å². The van der Waals surface area contributed by atoms with Gasteiger partial charge >= 0.3 is 5.97 Å². The Balaban J connectivity index is 2.08. The highest BCUT2D eigenvalue weighted by Crippen LogP contribution is 2.12. The van der Waals surface area contributed by atoms with Gasteiger partial charge in [-0.15, -0.1) is 0 Å². The second kappa shape index (κ2) is 4.45. The van der Waals surface area contributed by atoms with Gasteiger partial charge in [-0.1, -0.05) is 24.3 Å². The zero-order valence-electron chi connectivity index (χ0n) is 8.90. The van der Waals surface area contributed by atoms with Crippen molar-refractivity contribution in [2.75, 3.05) is 6.61 Å². The van der Waals surface area contributed by atoms with Gasteiger partial charge in [-0.3, -0.25) is 0 Å². The number of hydrogen-bond donors (Lipinski definition) is 1. The second-order valence-corrected chi connectivity index (χ2v) is 3.77. The third-order valence-electron chi connectivity index (χ3n) is 2.77. The molecule has 80 valence electrons. The van der Waals surface area contributed by atoms with E-state index in [1.54, 1.807) is 0 Å². The fourth-order valence-electron chi connectivity index (χ4n) is 1.97. The molecule has 3 heteroatoms. The lowest BCUT2D eigenvalue weighted by molar-refractivity contribution is -0.696. The second-order valence-electron chi connectivity index (χ2n) is 3.77. The van der Waals surface area contributed by atoms with Crippen LogP contribution in [0.3, 0.4) is 0 Å². The Morgan fingerprint density at radius 3 is 2.93 bits per heavy atom. The van der Waals surface area contributed by atoms with Gasteiger partial charge < -0.3 is 10.1 Å². The minimum Gasteiger partial charge on any atom is -0.462 e. The molecule has 0 saturated heterocycles. The Morgan fingerprint density at radius 1 is 1.47 bits per heavy atom. The normalized spacial score (nSPS) is 19.4. The summed E-state index contributed by atoms with van der Waals surface area (Å²) in [6.07, 6.45) is 0.787. The first-order valence-corrected chi connectivity index (χ1v) is 5.38. The summed E-state index contributed by atoms with van der Waals surface area (Å²) in [6, 6.07) is 8.21.